The Morgan fingerprint density at radius 3 is 2.38 bits per heavy atom. The van der Waals surface area contributed by atoms with Gasteiger partial charge in [-0.25, -0.2) is 0 Å². The van der Waals surface area contributed by atoms with Crippen molar-refractivity contribution in [1.82, 2.24) is 0 Å². The van der Waals surface area contributed by atoms with E-state index in [2.05, 4.69) is 26.6 Å². The summed E-state index contributed by atoms with van der Waals surface area (Å²) in [6.45, 7) is 6.31. The maximum Gasteiger partial charge on any atom is 0.255 e. The summed E-state index contributed by atoms with van der Waals surface area (Å²) < 4.78 is 6.33. The summed E-state index contributed by atoms with van der Waals surface area (Å²) in [5.74, 6) is 0.293. The van der Waals surface area contributed by atoms with Crippen LogP contribution in [-0.2, 0) is 4.79 Å². The zero-order chi connectivity index (χ0) is 19.1. The number of rotatable bonds is 7. The maximum absolute atomic E-state index is 12.5. The number of anilines is 2. The lowest BCUT2D eigenvalue weighted by atomic mass is 10.2. The van der Waals surface area contributed by atoms with Crippen LogP contribution in [0.2, 0.25) is 0 Å². The Kier molecular flexibility index (Phi) is 7.21. The van der Waals surface area contributed by atoms with E-state index in [9.17, 15) is 9.59 Å². The van der Waals surface area contributed by atoms with E-state index in [0.29, 0.717) is 29.3 Å². The highest BCUT2D eigenvalue weighted by Gasteiger charge is 2.11. The molecule has 2 amide bonds. The van der Waals surface area contributed by atoms with Crippen LogP contribution in [0.25, 0.3) is 0 Å². The minimum absolute atomic E-state index is 0.0694. The number of hydrogen-bond donors (Lipinski definition) is 2. The summed E-state index contributed by atoms with van der Waals surface area (Å²) in [5.41, 5.74) is 1.77. The number of nitrogens with one attached hydrogen (secondary N) is 2. The Hall–Kier alpha value is -2.34. The fraction of sp³-hybridized carbons (Fsp3) is 0.300. The first-order valence-corrected chi connectivity index (χ1v) is 9.34. The highest BCUT2D eigenvalue weighted by atomic mass is 79.9. The van der Waals surface area contributed by atoms with E-state index in [-0.39, 0.29) is 17.7 Å². The third-order valence-corrected chi connectivity index (χ3v) is 4.19. The van der Waals surface area contributed by atoms with Crippen molar-refractivity contribution in [3.63, 3.8) is 0 Å². The molecule has 0 aliphatic heterocycles. The van der Waals surface area contributed by atoms with E-state index >= 15 is 0 Å². The fourth-order valence-electron chi connectivity index (χ4n) is 2.14. The van der Waals surface area contributed by atoms with E-state index in [1.54, 1.807) is 42.5 Å². The van der Waals surface area contributed by atoms with Gasteiger partial charge in [0.05, 0.1) is 11.1 Å². The second-order valence-electron chi connectivity index (χ2n) is 6.17. The molecule has 5 nitrogen and oxygen atoms in total. The molecule has 0 heterocycles. The van der Waals surface area contributed by atoms with Gasteiger partial charge in [-0.05, 0) is 58.7 Å². The molecule has 0 aliphatic rings. The van der Waals surface area contributed by atoms with Gasteiger partial charge in [-0.3, -0.25) is 9.59 Å². The maximum atomic E-state index is 12.5. The van der Waals surface area contributed by atoms with Gasteiger partial charge < -0.3 is 15.4 Å². The van der Waals surface area contributed by atoms with Gasteiger partial charge in [0, 0.05) is 22.9 Å². The molecule has 0 bridgehead atoms. The van der Waals surface area contributed by atoms with Crippen molar-refractivity contribution in [2.75, 3.05) is 17.2 Å². The average molecular weight is 419 g/mol. The number of carbonyl (C=O) groups is 2. The third-order valence-electron chi connectivity index (χ3n) is 3.57. The van der Waals surface area contributed by atoms with E-state index in [4.69, 9.17) is 4.74 Å². The van der Waals surface area contributed by atoms with Crippen molar-refractivity contribution in [2.24, 2.45) is 5.92 Å². The van der Waals surface area contributed by atoms with Crippen LogP contribution in [-0.4, -0.2) is 18.4 Å². The molecule has 0 aliphatic carbocycles. The lowest BCUT2D eigenvalue weighted by Crippen LogP contribution is -2.18. The van der Waals surface area contributed by atoms with Crippen molar-refractivity contribution in [3.8, 4) is 5.75 Å². The summed E-state index contributed by atoms with van der Waals surface area (Å²) in [6, 6.07) is 12.3. The molecule has 2 aromatic rings. The summed E-state index contributed by atoms with van der Waals surface area (Å²) >= 11 is 3.43. The number of halogens is 1. The largest absolute Gasteiger partial charge is 0.492 e. The summed E-state index contributed by atoms with van der Waals surface area (Å²) in [5, 5.41) is 5.66. The molecule has 0 aromatic heterocycles. The normalized spacial score (nSPS) is 10.5. The Balaban J connectivity index is 2.07. The first-order chi connectivity index (χ1) is 12.4. The minimum Gasteiger partial charge on any atom is -0.492 e. The third kappa shape index (κ3) is 5.59. The molecule has 26 heavy (non-hydrogen) atoms. The SMILES string of the molecule is CCCOc1ccc(C(=O)Nc2cccc(NC(=O)C(C)C)c2)cc1Br. The zero-order valence-electron chi connectivity index (χ0n) is 15.1. The molecule has 138 valence electrons. The van der Waals surface area contributed by atoms with Crippen molar-refractivity contribution >= 4 is 39.1 Å². The van der Waals surface area contributed by atoms with Gasteiger partial charge in [0.2, 0.25) is 5.91 Å². The highest BCUT2D eigenvalue weighted by molar-refractivity contribution is 9.10. The van der Waals surface area contributed by atoms with Crippen LogP contribution in [0.5, 0.6) is 5.75 Å². The van der Waals surface area contributed by atoms with Crippen LogP contribution in [0.3, 0.4) is 0 Å². The Morgan fingerprint density at radius 1 is 1.08 bits per heavy atom. The van der Waals surface area contributed by atoms with Crippen molar-refractivity contribution in [2.45, 2.75) is 27.2 Å². The topological polar surface area (TPSA) is 67.4 Å². The van der Waals surface area contributed by atoms with E-state index < -0.39 is 0 Å². The average Bonchev–Trinajstić information content (AvgIpc) is 2.60. The van der Waals surface area contributed by atoms with Gasteiger partial charge in [0.1, 0.15) is 5.75 Å². The van der Waals surface area contributed by atoms with Crippen molar-refractivity contribution in [1.29, 1.82) is 0 Å². The molecular formula is C20H23BrN2O3. The van der Waals surface area contributed by atoms with Crippen LogP contribution in [0.4, 0.5) is 11.4 Å². The van der Waals surface area contributed by atoms with Crippen molar-refractivity contribution < 1.29 is 14.3 Å². The number of benzene rings is 2. The Morgan fingerprint density at radius 2 is 1.77 bits per heavy atom. The molecule has 0 saturated carbocycles. The van der Waals surface area contributed by atoms with Gasteiger partial charge in [-0.2, -0.15) is 0 Å². The predicted octanol–water partition coefficient (Wildman–Crippen LogP) is 5.08. The smallest absolute Gasteiger partial charge is 0.255 e. The molecule has 6 heteroatoms. The van der Waals surface area contributed by atoms with Crippen LogP contribution in [0.15, 0.2) is 46.9 Å². The lowest BCUT2D eigenvalue weighted by Gasteiger charge is -2.11. The first-order valence-electron chi connectivity index (χ1n) is 8.55. The van der Waals surface area contributed by atoms with Crippen LogP contribution < -0.4 is 15.4 Å². The van der Waals surface area contributed by atoms with Gasteiger partial charge in [0.15, 0.2) is 0 Å². The summed E-state index contributed by atoms with van der Waals surface area (Å²) in [4.78, 5) is 24.3. The van der Waals surface area contributed by atoms with Crippen molar-refractivity contribution in [3.05, 3.63) is 52.5 Å². The molecule has 0 unspecified atom stereocenters. The quantitative estimate of drug-likeness (QED) is 0.658. The summed E-state index contributed by atoms with van der Waals surface area (Å²) in [6.07, 6.45) is 0.915. The molecule has 0 radical (unpaired) electrons. The monoisotopic (exact) mass is 418 g/mol. The first kappa shape index (κ1) is 20.0. The molecule has 0 spiro atoms. The molecular weight excluding hydrogens is 396 g/mol. The molecule has 2 rings (SSSR count). The second kappa shape index (κ2) is 9.38. The molecule has 0 saturated heterocycles. The Labute approximate surface area is 162 Å². The fourth-order valence-corrected chi connectivity index (χ4v) is 2.63. The van der Waals surface area contributed by atoms with E-state index in [0.717, 1.165) is 10.9 Å². The van der Waals surface area contributed by atoms with E-state index in [1.807, 2.05) is 20.8 Å². The molecule has 0 fully saturated rings. The molecule has 2 N–H and O–H groups in total. The van der Waals surface area contributed by atoms with Gasteiger partial charge in [-0.15, -0.1) is 0 Å². The van der Waals surface area contributed by atoms with Crippen LogP contribution in [0, 0.1) is 5.92 Å². The van der Waals surface area contributed by atoms with E-state index in [1.165, 1.54) is 0 Å². The number of amides is 2. The molecule has 2 aromatic carbocycles. The standard InChI is InChI=1S/C20H23BrN2O3/c1-4-10-26-18-9-8-14(11-17(18)21)20(25)23-16-7-5-6-15(12-16)22-19(24)13(2)3/h5-9,11-13H,4,10H2,1-3H3,(H,22,24)(H,23,25). The number of ether oxygens (including phenoxy) is 1. The second-order valence-corrected chi connectivity index (χ2v) is 7.03. The van der Waals surface area contributed by atoms with Crippen LogP contribution >= 0.6 is 15.9 Å². The zero-order valence-corrected chi connectivity index (χ0v) is 16.7. The summed E-state index contributed by atoms with van der Waals surface area (Å²) in [7, 11) is 0. The van der Waals surface area contributed by atoms with Gasteiger partial charge in [-0.1, -0.05) is 26.8 Å². The van der Waals surface area contributed by atoms with Crippen LogP contribution in [0.1, 0.15) is 37.6 Å². The highest BCUT2D eigenvalue weighted by Crippen LogP contribution is 2.27. The minimum atomic E-state index is -0.236. The Bertz CT molecular complexity index is 790. The predicted molar refractivity (Wildman–Crippen MR) is 108 cm³/mol. The number of hydrogen-bond acceptors (Lipinski definition) is 3. The lowest BCUT2D eigenvalue weighted by molar-refractivity contribution is -0.118. The van der Waals surface area contributed by atoms with Gasteiger partial charge >= 0.3 is 0 Å². The molecule has 0 atom stereocenters. The van der Waals surface area contributed by atoms with Gasteiger partial charge in [0.25, 0.3) is 5.91 Å². The number of carbonyl (C=O) groups excluding carboxylic acids is 2.